The summed E-state index contributed by atoms with van der Waals surface area (Å²) in [7, 11) is 1.63. The molecule has 1 fully saturated rings. The Bertz CT molecular complexity index is 748. The summed E-state index contributed by atoms with van der Waals surface area (Å²) in [6.45, 7) is 3.29. The van der Waals surface area contributed by atoms with E-state index < -0.39 is 11.8 Å². The van der Waals surface area contributed by atoms with Crippen LogP contribution in [0.4, 0.5) is 14.9 Å². The van der Waals surface area contributed by atoms with E-state index >= 15 is 0 Å². The number of halogens is 1. The molecular formula is C20H24FN3O3. The number of benzene rings is 2. The highest BCUT2D eigenvalue weighted by Crippen LogP contribution is 2.23. The molecule has 0 saturated carbocycles. The van der Waals surface area contributed by atoms with Crippen LogP contribution in [-0.2, 0) is 4.74 Å². The second kappa shape index (κ2) is 9.34. The van der Waals surface area contributed by atoms with Gasteiger partial charge in [0.15, 0.2) is 0 Å². The Morgan fingerprint density at radius 1 is 1.19 bits per heavy atom. The largest absolute Gasteiger partial charge is 0.497 e. The van der Waals surface area contributed by atoms with Crippen molar-refractivity contribution in [3.05, 3.63) is 59.9 Å². The predicted octanol–water partition coefficient (Wildman–Crippen LogP) is 3.03. The number of carbonyl (C=O) groups excluding carboxylic acids is 1. The van der Waals surface area contributed by atoms with Gasteiger partial charge in [-0.3, -0.25) is 4.90 Å². The lowest BCUT2D eigenvalue weighted by Crippen LogP contribution is -2.44. The molecule has 7 heteroatoms. The normalized spacial score (nSPS) is 15.8. The smallest absolute Gasteiger partial charge is 0.319 e. The van der Waals surface area contributed by atoms with Crippen molar-refractivity contribution >= 4 is 11.7 Å². The highest BCUT2D eigenvalue weighted by Gasteiger charge is 2.23. The molecule has 144 valence electrons. The summed E-state index contributed by atoms with van der Waals surface area (Å²) in [5.41, 5.74) is 1.23. The van der Waals surface area contributed by atoms with Crippen LogP contribution < -0.4 is 15.4 Å². The highest BCUT2D eigenvalue weighted by molar-refractivity contribution is 5.89. The maximum absolute atomic E-state index is 13.7. The molecule has 2 amide bonds. The van der Waals surface area contributed by atoms with Gasteiger partial charge in [0.1, 0.15) is 11.6 Å². The maximum atomic E-state index is 13.7. The van der Waals surface area contributed by atoms with Crippen molar-refractivity contribution < 1.29 is 18.7 Å². The number of carbonyl (C=O) groups is 1. The Morgan fingerprint density at radius 2 is 1.89 bits per heavy atom. The maximum Gasteiger partial charge on any atom is 0.319 e. The Labute approximate surface area is 158 Å². The van der Waals surface area contributed by atoms with Crippen molar-refractivity contribution in [1.29, 1.82) is 0 Å². The Morgan fingerprint density at radius 3 is 2.56 bits per heavy atom. The fraction of sp³-hybridized carbons (Fsp3) is 0.350. The van der Waals surface area contributed by atoms with Crippen LogP contribution in [0.25, 0.3) is 0 Å². The van der Waals surface area contributed by atoms with Gasteiger partial charge in [-0.15, -0.1) is 0 Å². The molecule has 0 aromatic heterocycles. The van der Waals surface area contributed by atoms with Crippen LogP contribution in [0.15, 0.2) is 48.5 Å². The monoisotopic (exact) mass is 373 g/mol. The van der Waals surface area contributed by atoms with Crippen molar-refractivity contribution in [2.24, 2.45) is 0 Å². The number of anilines is 1. The molecule has 1 aliphatic heterocycles. The standard InChI is InChI=1S/C20H24FN3O3/c1-26-16-8-6-15(7-9-16)19(24-10-12-27-13-11-24)14-22-20(25)23-18-5-3-2-4-17(18)21/h2-9,19H,10-14H2,1H3,(H2,22,23,25)/t19-/m0/s1. The van der Waals surface area contributed by atoms with Gasteiger partial charge < -0.3 is 20.1 Å². The summed E-state index contributed by atoms with van der Waals surface area (Å²) in [6.07, 6.45) is 0. The van der Waals surface area contributed by atoms with Crippen LogP contribution in [0.3, 0.4) is 0 Å². The van der Waals surface area contributed by atoms with Gasteiger partial charge in [-0.25, -0.2) is 9.18 Å². The molecule has 3 rings (SSSR count). The van der Waals surface area contributed by atoms with E-state index in [0.29, 0.717) is 19.8 Å². The molecule has 1 atom stereocenters. The van der Waals surface area contributed by atoms with Gasteiger partial charge in [-0.1, -0.05) is 24.3 Å². The number of rotatable bonds is 6. The molecule has 0 spiro atoms. The number of ether oxygens (including phenoxy) is 2. The zero-order valence-electron chi connectivity index (χ0n) is 15.3. The molecule has 0 bridgehead atoms. The van der Waals surface area contributed by atoms with Crippen LogP contribution in [0.1, 0.15) is 11.6 Å². The highest BCUT2D eigenvalue weighted by atomic mass is 19.1. The second-order valence-electron chi connectivity index (χ2n) is 6.25. The van der Waals surface area contributed by atoms with Crippen molar-refractivity contribution in [1.82, 2.24) is 10.2 Å². The summed E-state index contributed by atoms with van der Waals surface area (Å²) in [5, 5.41) is 5.40. The van der Waals surface area contributed by atoms with E-state index in [1.54, 1.807) is 19.2 Å². The Kier molecular flexibility index (Phi) is 6.62. The molecule has 2 N–H and O–H groups in total. The van der Waals surface area contributed by atoms with Gasteiger partial charge in [0.25, 0.3) is 0 Å². The number of amides is 2. The van der Waals surface area contributed by atoms with E-state index in [2.05, 4.69) is 15.5 Å². The van der Waals surface area contributed by atoms with E-state index in [1.807, 2.05) is 24.3 Å². The number of para-hydroxylation sites is 1. The molecule has 0 aliphatic carbocycles. The van der Waals surface area contributed by atoms with Crippen molar-refractivity contribution in [2.75, 3.05) is 45.3 Å². The average Bonchev–Trinajstić information content (AvgIpc) is 2.71. The van der Waals surface area contributed by atoms with Crippen molar-refractivity contribution in [3.63, 3.8) is 0 Å². The lowest BCUT2D eigenvalue weighted by atomic mass is 10.0. The van der Waals surface area contributed by atoms with E-state index in [1.165, 1.54) is 12.1 Å². The summed E-state index contributed by atoms with van der Waals surface area (Å²) in [5.74, 6) is 0.317. The van der Waals surface area contributed by atoms with Gasteiger partial charge in [-0.2, -0.15) is 0 Å². The van der Waals surface area contributed by atoms with Crippen molar-refractivity contribution in [3.8, 4) is 5.75 Å². The van der Waals surface area contributed by atoms with E-state index in [9.17, 15) is 9.18 Å². The van der Waals surface area contributed by atoms with Gasteiger partial charge >= 0.3 is 6.03 Å². The molecule has 0 unspecified atom stereocenters. The number of nitrogens with zero attached hydrogens (tertiary/aromatic N) is 1. The number of nitrogens with one attached hydrogen (secondary N) is 2. The summed E-state index contributed by atoms with van der Waals surface area (Å²) >= 11 is 0. The van der Waals surface area contributed by atoms with E-state index in [4.69, 9.17) is 9.47 Å². The summed E-state index contributed by atoms with van der Waals surface area (Å²) < 4.78 is 24.4. The number of hydrogen-bond acceptors (Lipinski definition) is 4. The first kappa shape index (κ1) is 19.1. The molecule has 27 heavy (non-hydrogen) atoms. The van der Waals surface area contributed by atoms with Crippen LogP contribution in [0.2, 0.25) is 0 Å². The topological polar surface area (TPSA) is 62.8 Å². The molecule has 6 nitrogen and oxygen atoms in total. The Balaban J connectivity index is 1.67. The first-order valence-electron chi connectivity index (χ1n) is 8.92. The third kappa shape index (κ3) is 5.18. The molecule has 1 aliphatic rings. The Hall–Kier alpha value is -2.64. The molecule has 0 radical (unpaired) electrons. The number of hydrogen-bond donors (Lipinski definition) is 2. The molecule has 2 aromatic rings. The van der Waals surface area contributed by atoms with E-state index in [-0.39, 0.29) is 11.7 Å². The predicted molar refractivity (Wildman–Crippen MR) is 102 cm³/mol. The minimum absolute atomic E-state index is 0.00817. The van der Waals surface area contributed by atoms with E-state index in [0.717, 1.165) is 24.4 Å². The second-order valence-corrected chi connectivity index (χ2v) is 6.25. The summed E-state index contributed by atoms with van der Waals surface area (Å²) in [6, 6.07) is 13.4. The third-order valence-electron chi connectivity index (χ3n) is 4.57. The minimum atomic E-state index is -0.465. The van der Waals surface area contributed by atoms with Crippen LogP contribution in [0.5, 0.6) is 5.75 Å². The van der Waals surface area contributed by atoms with Crippen LogP contribution >= 0.6 is 0 Å². The number of urea groups is 1. The third-order valence-corrected chi connectivity index (χ3v) is 4.57. The van der Waals surface area contributed by atoms with Gasteiger partial charge in [0.2, 0.25) is 0 Å². The van der Waals surface area contributed by atoms with Crippen LogP contribution in [-0.4, -0.2) is 50.9 Å². The first-order chi connectivity index (χ1) is 13.2. The lowest BCUT2D eigenvalue weighted by molar-refractivity contribution is 0.0167. The SMILES string of the molecule is COc1ccc([C@H](CNC(=O)Nc2ccccc2F)N2CCOCC2)cc1. The van der Waals surface area contributed by atoms with Crippen molar-refractivity contribution in [2.45, 2.75) is 6.04 Å². The fourth-order valence-corrected chi connectivity index (χ4v) is 3.09. The summed E-state index contributed by atoms with van der Waals surface area (Å²) in [4.78, 5) is 14.5. The lowest BCUT2D eigenvalue weighted by Gasteiger charge is -2.35. The first-order valence-corrected chi connectivity index (χ1v) is 8.92. The zero-order valence-corrected chi connectivity index (χ0v) is 15.3. The van der Waals surface area contributed by atoms with Gasteiger partial charge in [-0.05, 0) is 29.8 Å². The molecule has 1 saturated heterocycles. The zero-order chi connectivity index (χ0) is 19.1. The molecular weight excluding hydrogens is 349 g/mol. The molecule has 2 aromatic carbocycles. The number of morpholine rings is 1. The quantitative estimate of drug-likeness (QED) is 0.817. The van der Waals surface area contributed by atoms with Gasteiger partial charge in [0.05, 0.1) is 32.1 Å². The van der Waals surface area contributed by atoms with Gasteiger partial charge in [0, 0.05) is 19.6 Å². The fourth-order valence-electron chi connectivity index (χ4n) is 3.09. The molecule has 1 heterocycles. The minimum Gasteiger partial charge on any atom is -0.497 e. The average molecular weight is 373 g/mol. The van der Waals surface area contributed by atoms with Crippen LogP contribution in [0, 0.1) is 5.82 Å². The number of methoxy groups -OCH3 is 1.